The molecule has 0 aliphatic heterocycles. The van der Waals surface area contributed by atoms with E-state index in [0.717, 1.165) is 35.2 Å². The molecule has 0 spiro atoms. The molecular weight excluding hydrogens is 213 g/mol. The Balaban J connectivity index is 2.25. The number of nitrogens with zero attached hydrogens (tertiary/aromatic N) is 1. The Kier molecular flexibility index (Phi) is 2.25. The van der Waals surface area contributed by atoms with E-state index in [1.165, 1.54) is 11.1 Å². The van der Waals surface area contributed by atoms with Gasteiger partial charge in [-0.15, -0.1) is 0 Å². The van der Waals surface area contributed by atoms with Crippen LogP contribution in [0.15, 0.2) is 24.4 Å². The molecule has 1 aliphatic rings. The zero-order valence-corrected chi connectivity index (χ0v) is 10.0. The van der Waals surface area contributed by atoms with E-state index in [1.807, 2.05) is 26.1 Å². The van der Waals surface area contributed by atoms with E-state index in [2.05, 4.69) is 11.1 Å². The number of aryl methyl sites for hydroxylation is 4. The Hall–Kier alpha value is -1.70. The topological polar surface area (TPSA) is 12.9 Å². The summed E-state index contributed by atoms with van der Waals surface area (Å²) in [5.74, 6) is -0.128. The first-order valence-electron chi connectivity index (χ1n) is 5.90. The fourth-order valence-corrected chi connectivity index (χ4v) is 2.53. The van der Waals surface area contributed by atoms with Crippen molar-refractivity contribution in [2.45, 2.75) is 26.7 Å². The van der Waals surface area contributed by atoms with Gasteiger partial charge in [-0.25, -0.2) is 4.39 Å². The van der Waals surface area contributed by atoms with Crippen molar-refractivity contribution in [3.63, 3.8) is 0 Å². The average Bonchev–Trinajstić information content (AvgIpc) is 2.30. The van der Waals surface area contributed by atoms with Crippen LogP contribution in [-0.4, -0.2) is 4.98 Å². The lowest BCUT2D eigenvalue weighted by Gasteiger charge is -2.20. The molecule has 0 fully saturated rings. The number of hydrogen-bond acceptors (Lipinski definition) is 1. The zero-order chi connectivity index (χ0) is 12.0. The second kappa shape index (κ2) is 3.66. The summed E-state index contributed by atoms with van der Waals surface area (Å²) in [5, 5.41) is 0. The number of halogens is 1. The minimum absolute atomic E-state index is 0.128. The molecule has 2 heteroatoms. The van der Waals surface area contributed by atoms with Gasteiger partial charge in [0.2, 0.25) is 0 Å². The summed E-state index contributed by atoms with van der Waals surface area (Å²) in [6, 6.07) is 5.73. The van der Waals surface area contributed by atoms with Crippen molar-refractivity contribution in [2.75, 3.05) is 0 Å². The van der Waals surface area contributed by atoms with Crippen LogP contribution >= 0.6 is 0 Å². The molecule has 1 aromatic carbocycles. The second-order valence-electron chi connectivity index (χ2n) is 4.74. The molecule has 0 saturated heterocycles. The number of pyridine rings is 1. The summed E-state index contributed by atoms with van der Waals surface area (Å²) in [7, 11) is 0. The minimum Gasteiger partial charge on any atom is -0.261 e. The third-order valence-electron chi connectivity index (χ3n) is 3.46. The van der Waals surface area contributed by atoms with Gasteiger partial charge in [0.15, 0.2) is 0 Å². The van der Waals surface area contributed by atoms with E-state index >= 15 is 0 Å². The predicted octanol–water partition coefficient (Wildman–Crippen LogP) is 3.60. The molecule has 0 atom stereocenters. The lowest BCUT2D eigenvalue weighted by atomic mass is 9.85. The van der Waals surface area contributed by atoms with Crippen molar-refractivity contribution in [2.24, 2.45) is 0 Å². The lowest BCUT2D eigenvalue weighted by molar-refractivity contribution is 0.617. The van der Waals surface area contributed by atoms with E-state index in [9.17, 15) is 4.39 Å². The Morgan fingerprint density at radius 3 is 2.47 bits per heavy atom. The van der Waals surface area contributed by atoms with Crippen molar-refractivity contribution in [3.8, 4) is 11.1 Å². The monoisotopic (exact) mass is 227 g/mol. The van der Waals surface area contributed by atoms with Gasteiger partial charge < -0.3 is 0 Å². The zero-order valence-electron chi connectivity index (χ0n) is 10.0. The van der Waals surface area contributed by atoms with E-state index in [1.54, 1.807) is 6.07 Å². The molecule has 0 bridgehead atoms. The molecule has 0 radical (unpaired) electrons. The Labute approximate surface area is 100 Å². The van der Waals surface area contributed by atoms with Gasteiger partial charge in [-0.05, 0) is 61.1 Å². The van der Waals surface area contributed by atoms with Gasteiger partial charge in [-0.2, -0.15) is 0 Å². The molecule has 1 aromatic heterocycles. The first kappa shape index (κ1) is 10.5. The Morgan fingerprint density at radius 1 is 1.00 bits per heavy atom. The Bertz CT molecular complexity index is 602. The number of hydrogen-bond donors (Lipinski definition) is 0. The highest BCUT2D eigenvalue weighted by Gasteiger charge is 2.18. The highest BCUT2D eigenvalue weighted by atomic mass is 19.1. The van der Waals surface area contributed by atoms with Gasteiger partial charge in [0.05, 0.1) is 0 Å². The summed E-state index contributed by atoms with van der Waals surface area (Å²) in [4.78, 5) is 4.32. The number of fused-ring (bicyclic) bond motifs is 3. The van der Waals surface area contributed by atoms with Crippen molar-refractivity contribution < 1.29 is 4.39 Å². The van der Waals surface area contributed by atoms with Crippen LogP contribution in [-0.2, 0) is 12.8 Å². The molecule has 3 rings (SSSR count). The van der Waals surface area contributed by atoms with Crippen LogP contribution in [0, 0.1) is 19.7 Å². The van der Waals surface area contributed by atoms with Gasteiger partial charge in [0, 0.05) is 17.5 Å². The number of rotatable bonds is 0. The Morgan fingerprint density at radius 2 is 1.71 bits per heavy atom. The van der Waals surface area contributed by atoms with E-state index in [-0.39, 0.29) is 5.82 Å². The minimum atomic E-state index is -0.128. The van der Waals surface area contributed by atoms with Crippen molar-refractivity contribution >= 4 is 0 Å². The molecule has 1 nitrogen and oxygen atoms in total. The standard InChI is InChI=1S/C15H14FN/c1-9-5-11-3-4-12-6-10(2)17-8-14(12)13(11)7-15(9)16/h5-8H,3-4H2,1-2H3. The van der Waals surface area contributed by atoms with Crippen LogP contribution in [0.3, 0.4) is 0 Å². The number of benzene rings is 1. The van der Waals surface area contributed by atoms with Crippen LogP contribution in [0.5, 0.6) is 0 Å². The van der Waals surface area contributed by atoms with Gasteiger partial charge >= 0.3 is 0 Å². The van der Waals surface area contributed by atoms with Gasteiger partial charge in [0.25, 0.3) is 0 Å². The molecule has 1 aliphatic carbocycles. The smallest absolute Gasteiger partial charge is 0.126 e. The maximum Gasteiger partial charge on any atom is 0.126 e. The normalized spacial score (nSPS) is 13.1. The summed E-state index contributed by atoms with van der Waals surface area (Å²) in [5.41, 5.74) is 6.39. The maximum absolute atomic E-state index is 13.7. The second-order valence-corrected chi connectivity index (χ2v) is 4.74. The SMILES string of the molecule is Cc1cc2c(cn1)-c1cc(F)c(C)cc1CC2. The van der Waals surface area contributed by atoms with Gasteiger partial charge in [-0.1, -0.05) is 6.07 Å². The maximum atomic E-state index is 13.7. The highest BCUT2D eigenvalue weighted by molar-refractivity contribution is 5.73. The molecule has 17 heavy (non-hydrogen) atoms. The van der Waals surface area contributed by atoms with E-state index in [4.69, 9.17) is 0 Å². The molecule has 0 N–H and O–H groups in total. The van der Waals surface area contributed by atoms with Crippen molar-refractivity contribution in [1.82, 2.24) is 4.98 Å². The summed E-state index contributed by atoms with van der Waals surface area (Å²) in [6.07, 6.45) is 3.89. The molecular formula is C15H14FN. The summed E-state index contributed by atoms with van der Waals surface area (Å²) in [6.45, 7) is 3.81. The largest absolute Gasteiger partial charge is 0.261 e. The fraction of sp³-hybridized carbons (Fsp3) is 0.267. The van der Waals surface area contributed by atoms with Gasteiger partial charge in [0.1, 0.15) is 5.82 Å². The molecule has 0 saturated carbocycles. The van der Waals surface area contributed by atoms with Crippen LogP contribution in [0.4, 0.5) is 4.39 Å². The predicted molar refractivity (Wildman–Crippen MR) is 66.5 cm³/mol. The van der Waals surface area contributed by atoms with Crippen LogP contribution < -0.4 is 0 Å². The molecule has 86 valence electrons. The van der Waals surface area contributed by atoms with Crippen LogP contribution in [0.1, 0.15) is 22.4 Å². The quantitative estimate of drug-likeness (QED) is 0.670. The molecule has 0 unspecified atom stereocenters. The first-order valence-corrected chi connectivity index (χ1v) is 5.90. The van der Waals surface area contributed by atoms with Crippen LogP contribution in [0.2, 0.25) is 0 Å². The third-order valence-corrected chi connectivity index (χ3v) is 3.46. The first-order chi connectivity index (χ1) is 8.15. The van der Waals surface area contributed by atoms with Crippen molar-refractivity contribution in [3.05, 3.63) is 52.6 Å². The van der Waals surface area contributed by atoms with E-state index in [0.29, 0.717) is 0 Å². The third kappa shape index (κ3) is 1.64. The lowest BCUT2D eigenvalue weighted by Crippen LogP contribution is -2.06. The fourth-order valence-electron chi connectivity index (χ4n) is 2.53. The average molecular weight is 227 g/mol. The number of aromatic nitrogens is 1. The molecule has 2 aromatic rings. The molecule has 1 heterocycles. The van der Waals surface area contributed by atoms with Crippen molar-refractivity contribution in [1.29, 1.82) is 0 Å². The summed E-state index contributed by atoms with van der Waals surface area (Å²) >= 11 is 0. The van der Waals surface area contributed by atoms with E-state index < -0.39 is 0 Å². The van der Waals surface area contributed by atoms with Gasteiger partial charge in [-0.3, -0.25) is 4.98 Å². The highest BCUT2D eigenvalue weighted by Crippen LogP contribution is 2.34. The molecule has 0 amide bonds. The summed E-state index contributed by atoms with van der Waals surface area (Å²) < 4.78 is 13.7. The van der Waals surface area contributed by atoms with Crippen LogP contribution in [0.25, 0.3) is 11.1 Å².